The van der Waals surface area contributed by atoms with Crippen molar-refractivity contribution in [1.29, 1.82) is 0 Å². The molecule has 0 amide bonds. The van der Waals surface area contributed by atoms with E-state index in [0.29, 0.717) is 5.02 Å². The van der Waals surface area contributed by atoms with Gasteiger partial charge in [-0.3, -0.25) is 0 Å². The third-order valence-corrected chi connectivity index (χ3v) is 4.96. The van der Waals surface area contributed by atoms with Gasteiger partial charge < -0.3 is 4.74 Å². The van der Waals surface area contributed by atoms with Crippen molar-refractivity contribution in [2.24, 2.45) is 5.41 Å². The minimum absolute atomic E-state index is 0.260. The largest absolute Gasteiger partial charge is 0.495 e. The van der Waals surface area contributed by atoms with E-state index < -0.39 is 0 Å². The van der Waals surface area contributed by atoms with Gasteiger partial charge in [0, 0.05) is 0 Å². The first-order chi connectivity index (χ1) is 10.0. The lowest BCUT2D eigenvalue weighted by molar-refractivity contribution is 0.363. The highest BCUT2D eigenvalue weighted by Crippen LogP contribution is 2.50. The smallest absolute Gasteiger partial charge is 0.138 e. The molecule has 1 aromatic rings. The monoisotopic (exact) mass is 300 g/mol. The van der Waals surface area contributed by atoms with Gasteiger partial charge in [0.25, 0.3) is 0 Å². The Hall–Kier alpha value is -1.47. The van der Waals surface area contributed by atoms with Crippen LogP contribution in [0.2, 0.25) is 5.02 Å². The Morgan fingerprint density at radius 3 is 2.81 bits per heavy atom. The first-order valence-corrected chi connectivity index (χ1v) is 7.84. The molecule has 2 aliphatic carbocycles. The van der Waals surface area contributed by atoms with E-state index in [1.165, 1.54) is 28.7 Å². The van der Waals surface area contributed by atoms with Crippen LogP contribution in [0.25, 0.3) is 5.57 Å². The number of methoxy groups -OCH3 is 1. The van der Waals surface area contributed by atoms with Crippen molar-refractivity contribution < 1.29 is 4.74 Å². The maximum Gasteiger partial charge on any atom is 0.138 e. The molecule has 0 fully saturated rings. The number of benzene rings is 1. The number of ether oxygens (including phenoxy) is 1. The topological polar surface area (TPSA) is 9.23 Å². The maximum atomic E-state index is 6.15. The van der Waals surface area contributed by atoms with Crippen LogP contribution in [0.15, 0.2) is 47.6 Å². The van der Waals surface area contributed by atoms with Gasteiger partial charge in [0.15, 0.2) is 0 Å². The fourth-order valence-corrected chi connectivity index (χ4v) is 3.77. The number of rotatable bonds is 2. The molecule has 1 atom stereocenters. The van der Waals surface area contributed by atoms with Crippen LogP contribution in [0, 0.1) is 5.41 Å². The van der Waals surface area contributed by atoms with Gasteiger partial charge in [0.1, 0.15) is 5.75 Å². The van der Waals surface area contributed by atoms with Gasteiger partial charge in [-0.15, -0.1) is 0 Å². The molecule has 2 heteroatoms. The second-order valence-electron chi connectivity index (χ2n) is 6.34. The van der Waals surface area contributed by atoms with Crippen LogP contribution in [-0.2, 0) is 0 Å². The van der Waals surface area contributed by atoms with Gasteiger partial charge in [-0.2, -0.15) is 0 Å². The Bertz CT molecular complexity index is 666. The molecule has 0 bridgehead atoms. The summed E-state index contributed by atoms with van der Waals surface area (Å²) >= 11 is 6.15. The molecule has 2 aliphatic rings. The van der Waals surface area contributed by atoms with E-state index in [0.717, 1.165) is 18.6 Å². The zero-order valence-corrected chi connectivity index (χ0v) is 13.6. The van der Waals surface area contributed by atoms with Crippen molar-refractivity contribution in [1.82, 2.24) is 0 Å². The summed E-state index contributed by atoms with van der Waals surface area (Å²) in [6.07, 6.45) is 10.4. The molecule has 0 N–H and O–H groups in total. The van der Waals surface area contributed by atoms with Crippen molar-refractivity contribution in [3.05, 3.63) is 58.2 Å². The molecule has 110 valence electrons. The zero-order valence-electron chi connectivity index (χ0n) is 12.9. The van der Waals surface area contributed by atoms with E-state index in [1.807, 2.05) is 12.1 Å². The summed E-state index contributed by atoms with van der Waals surface area (Å²) in [6, 6.07) is 6.06. The highest BCUT2D eigenvalue weighted by atomic mass is 35.5. The highest BCUT2D eigenvalue weighted by Gasteiger charge is 2.35. The Morgan fingerprint density at radius 2 is 2.05 bits per heavy atom. The summed E-state index contributed by atoms with van der Waals surface area (Å²) in [6.45, 7) is 4.61. The molecule has 0 radical (unpaired) electrons. The second kappa shape index (κ2) is 5.38. The Morgan fingerprint density at radius 1 is 1.24 bits per heavy atom. The predicted octanol–water partition coefficient (Wildman–Crippen LogP) is 5.81. The van der Waals surface area contributed by atoms with Gasteiger partial charge in [-0.1, -0.05) is 48.4 Å². The van der Waals surface area contributed by atoms with Crippen molar-refractivity contribution in [2.45, 2.75) is 33.1 Å². The number of hydrogen-bond acceptors (Lipinski definition) is 1. The van der Waals surface area contributed by atoms with Gasteiger partial charge >= 0.3 is 0 Å². The Balaban J connectivity index is 2.08. The minimum Gasteiger partial charge on any atom is -0.495 e. The molecule has 0 aromatic heterocycles. The molecule has 0 spiro atoms. The first-order valence-electron chi connectivity index (χ1n) is 7.46. The van der Waals surface area contributed by atoms with Gasteiger partial charge in [-0.25, -0.2) is 0 Å². The summed E-state index contributed by atoms with van der Waals surface area (Å²) in [4.78, 5) is 0. The van der Waals surface area contributed by atoms with E-state index in [1.54, 1.807) is 7.11 Å². The van der Waals surface area contributed by atoms with Crippen LogP contribution in [-0.4, -0.2) is 7.11 Å². The van der Waals surface area contributed by atoms with Crippen LogP contribution >= 0.6 is 11.6 Å². The van der Waals surface area contributed by atoms with E-state index in [9.17, 15) is 0 Å². The summed E-state index contributed by atoms with van der Waals surface area (Å²) in [5, 5.41) is 0.661. The van der Waals surface area contributed by atoms with E-state index in [2.05, 4.69) is 38.1 Å². The first kappa shape index (κ1) is 14.5. The van der Waals surface area contributed by atoms with Crippen LogP contribution in [0.4, 0.5) is 0 Å². The lowest BCUT2D eigenvalue weighted by Crippen LogP contribution is -2.25. The fraction of sp³-hybridized carbons (Fsp3) is 0.368. The Kier molecular flexibility index (Phi) is 3.71. The molecule has 0 heterocycles. The van der Waals surface area contributed by atoms with Crippen molar-refractivity contribution in [3.8, 4) is 5.75 Å². The van der Waals surface area contributed by atoms with Crippen LogP contribution < -0.4 is 4.74 Å². The molecule has 0 saturated carbocycles. The van der Waals surface area contributed by atoms with E-state index >= 15 is 0 Å². The average Bonchev–Trinajstić information content (AvgIpc) is 2.46. The lowest BCUT2D eigenvalue weighted by atomic mass is 9.65. The van der Waals surface area contributed by atoms with Crippen molar-refractivity contribution >= 4 is 17.2 Å². The third-order valence-electron chi connectivity index (χ3n) is 4.65. The Labute approximate surface area is 132 Å². The molecular formula is C19H21ClO. The van der Waals surface area contributed by atoms with Crippen LogP contribution in [0.3, 0.4) is 0 Å². The number of allylic oxidation sites excluding steroid dienone is 6. The molecule has 21 heavy (non-hydrogen) atoms. The SMILES string of the molecule is COc1cc(C2=CCCC3(C)CC(C)=CC=C23)ccc1Cl. The van der Waals surface area contributed by atoms with Crippen LogP contribution in [0.1, 0.15) is 38.7 Å². The second-order valence-corrected chi connectivity index (χ2v) is 6.74. The van der Waals surface area contributed by atoms with Crippen molar-refractivity contribution in [3.63, 3.8) is 0 Å². The maximum absolute atomic E-state index is 6.15. The third kappa shape index (κ3) is 2.55. The molecule has 3 rings (SSSR count). The summed E-state index contributed by atoms with van der Waals surface area (Å²) < 4.78 is 5.36. The van der Waals surface area contributed by atoms with Crippen LogP contribution in [0.5, 0.6) is 5.75 Å². The normalized spacial score (nSPS) is 24.7. The molecule has 0 saturated heterocycles. The van der Waals surface area contributed by atoms with Crippen molar-refractivity contribution in [2.75, 3.05) is 7.11 Å². The van der Waals surface area contributed by atoms with Gasteiger partial charge in [-0.05, 0) is 60.4 Å². The summed E-state index contributed by atoms with van der Waals surface area (Å²) in [5.41, 5.74) is 5.71. The number of halogens is 1. The minimum atomic E-state index is 0.260. The number of hydrogen-bond donors (Lipinski definition) is 0. The van der Waals surface area contributed by atoms with E-state index in [4.69, 9.17) is 16.3 Å². The molecule has 1 aromatic carbocycles. The molecule has 1 nitrogen and oxygen atoms in total. The quantitative estimate of drug-likeness (QED) is 0.670. The standard InChI is InChI=1S/C19H21ClO/c1-13-6-8-16-15(5-4-10-19(16,2)12-13)14-7-9-17(20)18(11-14)21-3/h5-9,11H,4,10,12H2,1-3H3. The van der Waals surface area contributed by atoms with E-state index in [-0.39, 0.29) is 5.41 Å². The summed E-state index contributed by atoms with van der Waals surface area (Å²) in [7, 11) is 1.66. The summed E-state index contributed by atoms with van der Waals surface area (Å²) in [5.74, 6) is 0.741. The fourth-order valence-electron chi connectivity index (χ4n) is 3.58. The predicted molar refractivity (Wildman–Crippen MR) is 89.8 cm³/mol. The van der Waals surface area contributed by atoms with Gasteiger partial charge in [0.2, 0.25) is 0 Å². The highest BCUT2D eigenvalue weighted by molar-refractivity contribution is 6.32. The average molecular weight is 301 g/mol. The molecule has 0 aliphatic heterocycles. The number of fused-ring (bicyclic) bond motifs is 1. The zero-order chi connectivity index (χ0) is 15.0. The molecular weight excluding hydrogens is 280 g/mol. The molecule has 1 unspecified atom stereocenters. The van der Waals surface area contributed by atoms with Gasteiger partial charge in [0.05, 0.1) is 12.1 Å². The lowest BCUT2D eigenvalue weighted by Gasteiger charge is -2.39.